The molecule has 1 aliphatic heterocycles. The number of hydrogen-bond donors (Lipinski definition) is 1. The summed E-state index contributed by atoms with van der Waals surface area (Å²) in [5.74, 6) is 0.263. The van der Waals surface area contributed by atoms with Crippen LogP contribution in [0.1, 0.15) is 26.3 Å². The van der Waals surface area contributed by atoms with E-state index in [-0.39, 0.29) is 11.8 Å². The van der Waals surface area contributed by atoms with Gasteiger partial charge in [-0.05, 0) is 43.5 Å². The number of ketones is 1. The summed E-state index contributed by atoms with van der Waals surface area (Å²) in [4.78, 5) is 14.6. The minimum atomic E-state index is -0.0248. The van der Waals surface area contributed by atoms with Gasteiger partial charge in [0, 0.05) is 25.2 Å². The lowest BCUT2D eigenvalue weighted by Crippen LogP contribution is -2.58. The molecule has 1 aliphatic rings. The molecule has 1 N–H and O–H groups in total. The number of rotatable bonds is 4. The van der Waals surface area contributed by atoms with Crippen LogP contribution in [0.4, 0.5) is 0 Å². The number of carbonyl (C=O) groups is 1. The van der Waals surface area contributed by atoms with Crippen LogP contribution in [0.5, 0.6) is 0 Å². The van der Waals surface area contributed by atoms with E-state index in [0.29, 0.717) is 12.1 Å². The predicted molar refractivity (Wildman–Crippen MR) is 95.8 cm³/mol. The minimum Gasteiger partial charge on any atom is -0.309 e. The predicted octanol–water partition coefficient (Wildman–Crippen LogP) is 3.02. The number of Topliss-reactive ketones (excluding diaryl/α,β-unsaturated/α-hetero) is 1. The van der Waals surface area contributed by atoms with Crippen molar-refractivity contribution in [3.8, 4) is 0 Å². The van der Waals surface area contributed by atoms with Gasteiger partial charge in [-0.25, -0.2) is 0 Å². The van der Waals surface area contributed by atoms with Gasteiger partial charge in [-0.3, -0.25) is 9.69 Å². The van der Waals surface area contributed by atoms with E-state index in [1.807, 2.05) is 0 Å². The van der Waals surface area contributed by atoms with Crippen LogP contribution in [0.3, 0.4) is 0 Å². The third-order valence-corrected chi connectivity index (χ3v) is 4.74. The quantitative estimate of drug-likeness (QED) is 0.942. The Bertz CT molecular complexity index is 687. The fourth-order valence-electron chi connectivity index (χ4n) is 3.74. The van der Waals surface area contributed by atoms with Gasteiger partial charge >= 0.3 is 0 Å². The first-order valence-corrected chi connectivity index (χ1v) is 8.51. The number of hydrogen-bond acceptors (Lipinski definition) is 3. The van der Waals surface area contributed by atoms with Gasteiger partial charge in [-0.15, -0.1) is 0 Å². The van der Waals surface area contributed by atoms with Crippen LogP contribution >= 0.6 is 0 Å². The van der Waals surface area contributed by atoms with Crippen LogP contribution in [0.15, 0.2) is 42.5 Å². The van der Waals surface area contributed by atoms with E-state index in [4.69, 9.17) is 0 Å². The summed E-state index contributed by atoms with van der Waals surface area (Å²) < 4.78 is 0. The van der Waals surface area contributed by atoms with Gasteiger partial charge in [0.25, 0.3) is 0 Å². The SMILES string of the molecule is CC(=O)[C@H](Cc1ccc2ccccc2c1)N1C[C@@H](C)N[C@@H](C)C1. The van der Waals surface area contributed by atoms with Crippen molar-refractivity contribution in [2.24, 2.45) is 0 Å². The van der Waals surface area contributed by atoms with Gasteiger partial charge in [-0.1, -0.05) is 42.5 Å². The summed E-state index contributed by atoms with van der Waals surface area (Å²) in [6, 6.07) is 15.8. The molecule has 2 aromatic carbocycles. The van der Waals surface area contributed by atoms with Crippen LogP contribution < -0.4 is 5.32 Å². The third kappa shape index (κ3) is 3.80. The Hall–Kier alpha value is -1.71. The van der Waals surface area contributed by atoms with Crippen molar-refractivity contribution < 1.29 is 4.79 Å². The van der Waals surface area contributed by atoms with E-state index in [1.165, 1.54) is 16.3 Å². The van der Waals surface area contributed by atoms with Gasteiger partial charge in [0.05, 0.1) is 6.04 Å². The fourth-order valence-corrected chi connectivity index (χ4v) is 3.74. The van der Waals surface area contributed by atoms with E-state index in [0.717, 1.165) is 19.5 Å². The molecule has 0 aliphatic carbocycles. The minimum absolute atomic E-state index is 0.0248. The molecule has 0 spiro atoms. The molecule has 0 aromatic heterocycles. The number of piperazine rings is 1. The highest BCUT2D eigenvalue weighted by Gasteiger charge is 2.29. The Kier molecular flexibility index (Phi) is 4.79. The molecule has 0 bridgehead atoms. The average molecular weight is 310 g/mol. The van der Waals surface area contributed by atoms with Crippen LogP contribution in [0, 0.1) is 0 Å². The molecule has 2 aromatic rings. The summed E-state index contributed by atoms with van der Waals surface area (Å²) in [7, 11) is 0. The molecule has 0 unspecified atom stereocenters. The molecule has 23 heavy (non-hydrogen) atoms. The Morgan fingerprint density at radius 1 is 1.13 bits per heavy atom. The lowest BCUT2D eigenvalue weighted by molar-refractivity contribution is -0.122. The van der Waals surface area contributed by atoms with Crippen LogP contribution in [0.25, 0.3) is 10.8 Å². The average Bonchev–Trinajstić information content (AvgIpc) is 2.51. The first-order valence-electron chi connectivity index (χ1n) is 8.51. The molecular weight excluding hydrogens is 284 g/mol. The zero-order valence-electron chi connectivity index (χ0n) is 14.3. The third-order valence-electron chi connectivity index (χ3n) is 4.74. The highest BCUT2D eigenvalue weighted by molar-refractivity contribution is 5.84. The lowest BCUT2D eigenvalue weighted by Gasteiger charge is -2.40. The molecule has 3 atom stereocenters. The summed E-state index contributed by atoms with van der Waals surface area (Å²) in [5.41, 5.74) is 1.24. The molecule has 0 saturated carbocycles. The maximum Gasteiger partial charge on any atom is 0.147 e. The summed E-state index contributed by atoms with van der Waals surface area (Å²) in [6.07, 6.45) is 0.791. The highest BCUT2D eigenvalue weighted by atomic mass is 16.1. The second kappa shape index (κ2) is 6.81. The number of fused-ring (bicyclic) bond motifs is 1. The van der Waals surface area contributed by atoms with Crippen molar-refractivity contribution in [3.05, 3.63) is 48.0 Å². The Balaban J connectivity index is 1.82. The second-order valence-electron chi connectivity index (χ2n) is 6.93. The van der Waals surface area contributed by atoms with E-state index in [9.17, 15) is 4.79 Å². The number of nitrogens with one attached hydrogen (secondary N) is 1. The lowest BCUT2D eigenvalue weighted by atomic mass is 9.97. The van der Waals surface area contributed by atoms with Crippen molar-refractivity contribution >= 4 is 16.6 Å². The normalized spacial score (nSPS) is 23.8. The topological polar surface area (TPSA) is 32.3 Å². The summed E-state index contributed by atoms with van der Waals surface area (Å²) in [6.45, 7) is 7.97. The van der Waals surface area contributed by atoms with Crippen molar-refractivity contribution in [2.45, 2.75) is 45.3 Å². The Morgan fingerprint density at radius 3 is 2.43 bits per heavy atom. The van der Waals surface area contributed by atoms with Gasteiger partial charge in [0.2, 0.25) is 0 Å². The zero-order chi connectivity index (χ0) is 16.4. The van der Waals surface area contributed by atoms with E-state index < -0.39 is 0 Å². The van der Waals surface area contributed by atoms with Crippen LogP contribution in [-0.2, 0) is 11.2 Å². The molecule has 3 heteroatoms. The largest absolute Gasteiger partial charge is 0.309 e. The molecular formula is C20H26N2O. The number of benzene rings is 2. The maximum absolute atomic E-state index is 12.3. The smallest absolute Gasteiger partial charge is 0.147 e. The van der Waals surface area contributed by atoms with Crippen LogP contribution in [-0.4, -0.2) is 41.9 Å². The van der Waals surface area contributed by atoms with Crippen LogP contribution in [0.2, 0.25) is 0 Å². The molecule has 1 fully saturated rings. The van der Waals surface area contributed by atoms with Gasteiger partial charge in [0.1, 0.15) is 5.78 Å². The van der Waals surface area contributed by atoms with E-state index >= 15 is 0 Å². The maximum atomic E-state index is 12.3. The first kappa shape index (κ1) is 16.2. The molecule has 1 heterocycles. The molecule has 0 amide bonds. The monoisotopic (exact) mass is 310 g/mol. The summed E-state index contributed by atoms with van der Waals surface area (Å²) >= 11 is 0. The van der Waals surface area contributed by atoms with Gasteiger partial charge in [-0.2, -0.15) is 0 Å². The molecule has 1 saturated heterocycles. The summed E-state index contributed by atoms with van der Waals surface area (Å²) in [5, 5.41) is 6.03. The first-order chi connectivity index (χ1) is 11.0. The number of carbonyl (C=O) groups excluding carboxylic acids is 1. The van der Waals surface area contributed by atoms with E-state index in [2.05, 4.69) is 66.5 Å². The Labute approximate surface area is 138 Å². The molecule has 3 rings (SSSR count). The highest BCUT2D eigenvalue weighted by Crippen LogP contribution is 2.19. The van der Waals surface area contributed by atoms with Crippen molar-refractivity contribution in [3.63, 3.8) is 0 Å². The van der Waals surface area contributed by atoms with Crippen molar-refractivity contribution in [2.75, 3.05) is 13.1 Å². The zero-order valence-corrected chi connectivity index (χ0v) is 14.3. The van der Waals surface area contributed by atoms with Crippen molar-refractivity contribution in [1.29, 1.82) is 0 Å². The number of nitrogens with zero attached hydrogens (tertiary/aromatic N) is 1. The molecule has 3 nitrogen and oxygen atoms in total. The molecule has 0 radical (unpaired) electrons. The van der Waals surface area contributed by atoms with Gasteiger partial charge in [0.15, 0.2) is 0 Å². The van der Waals surface area contributed by atoms with E-state index in [1.54, 1.807) is 6.92 Å². The standard InChI is InChI=1S/C20H26N2O/c1-14-12-22(13-15(2)21-14)20(16(3)23)11-17-8-9-18-6-4-5-7-19(18)10-17/h4-10,14-15,20-21H,11-13H2,1-3H3/t14-,15+,20-/m0/s1. The molecule has 122 valence electrons. The fraction of sp³-hybridized carbons (Fsp3) is 0.450. The van der Waals surface area contributed by atoms with Gasteiger partial charge < -0.3 is 5.32 Å². The van der Waals surface area contributed by atoms with Crippen molar-refractivity contribution in [1.82, 2.24) is 10.2 Å². The second-order valence-corrected chi connectivity index (χ2v) is 6.93. The Morgan fingerprint density at radius 2 is 1.78 bits per heavy atom.